The molecule has 2 heterocycles. The first-order valence-electron chi connectivity index (χ1n) is 4.98. The third-order valence-electron chi connectivity index (χ3n) is 2.60. The number of halogens is 1. The van der Waals surface area contributed by atoms with Gasteiger partial charge in [0.05, 0.1) is 12.7 Å². The number of aliphatic hydroxyl groups is 2. The van der Waals surface area contributed by atoms with Crippen LogP contribution in [0.2, 0.25) is 5.15 Å². The van der Waals surface area contributed by atoms with Gasteiger partial charge >= 0.3 is 5.69 Å². The van der Waals surface area contributed by atoms with Crippen molar-refractivity contribution >= 4 is 11.6 Å². The maximum atomic E-state index is 11.5. The van der Waals surface area contributed by atoms with Gasteiger partial charge in [0, 0.05) is 12.5 Å². The van der Waals surface area contributed by atoms with Crippen LogP contribution in [0.4, 0.5) is 0 Å². The quantitative estimate of drug-likeness (QED) is 0.583. The Kier molecular flexibility index (Phi) is 3.34. The van der Waals surface area contributed by atoms with Crippen molar-refractivity contribution in [3.05, 3.63) is 32.1 Å². The van der Waals surface area contributed by atoms with Crippen LogP contribution in [-0.4, -0.2) is 38.6 Å². The zero-order chi connectivity index (χ0) is 12.6. The SMILES string of the molecule is O=c1cc(Cl)n([C@H]2C[C@H](O)[C@@H](CO)O2)c(=O)[nH]1. The van der Waals surface area contributed by atoms with Gasteiger partial charge in [0.25, 0.3) is 5.56 Å². The molecule has 0 amide bonds. The minimum absolute atomic E-state index is 0.0745. The minimum atomic E-state index is -0.875. The molecule has 0 spiro atoms. The number of aromatic nitrogens is 2. The molecule has 1 aliphatic heterocycles. The second-order valence-electron chi connectivity index (χ2n) is 3.75. The first-order chi connectivity index (χ1) is 8.02. The van der Waals surface area contributed by atoms with Gasteiger partial charge in [0.15, 0.2) is 0 Å². The molecule has 1 aliphatic rings. The number of nitrogens with zero attached hydrogens (tertiary/aromatic N) is 1. The molecule has 3 atom stereocenters. The summed E-state index contributed by atoms with van der Waals surface area (Å²) in [5, 5.41) is 18.4. The molecule has 0 bridgehead atoms. The predicted molar refractivity (Wildman–Crippen MR) is 58.0 cm³/mol. The van der Waals surface area contributed by atoms with E-state index in [9.17, 15) is 14.7 Å². The molecule has 1 saturated heterocycles. The Bertz CT molecular complexity index is 525. The average Bonchev–Trinajstić information content (AvgIpc) is 2.57. The predicted octanol–water partition coefficient (Wildman–Crippen LogP) is -1.17. The molecule has 0 aliphatic carbocycles. The van der Waals surface area contributed by atoms with Crippen molar-refractivity contribution < 1.29 is 14.9 Å². The number of H-pyrrole nitrogens is 1. The lowest BCUT2D eigenvalue weighted by molar-refractivity contribution is -0.0458. The van der Waals surface area contributed by atoms with E-state index in [1.54, 1.807) is 0 Å². The summed E-state index contributed by atoms with van der Waals surface area (Å²) in [6, 6.07) is 1.05. The fourth-order valence-corrected chi connectivity index (χ4v) is 2.07. The summed E-state index contributed by atoms with van der Waals surface area (Å²) >= 11 is 5.77. The molecule has 1 aromatic heterocycles. The summed E-state index contributed by atoms with van der Waals surface area (Å²) in [5.74, 6) is 0. The van der Waals surface area contributed by atoms with Crippen molar-refractivity contribution in [2.45, 2.75) is 24.9 Å². The third-order valence-corrected chi connectivity index (χ3v) is 2.89. The lowest BCUT2D eigenvalue weighted by Gasteiger charge is -2.15. The van der Waals surface area contributed by atoms with Gasteiger partial charge in [0.2, 0.25) is 0 Å². The van der Waals surface area contributed by atoms with Gasteiger partial charge in [-0.3, -0.25) is 14.3 Å². The van der Waals surface area contributed by atoms with E-state index >= 15 is 0 Å². The molecular weight excluding hydrogens is 252 g/mol. The van der Waals surface area contributed by atoms with E-state index in [0.717, 1.165) is 10.6 Å². The number of rotatable bonds is 2. The van der Waals surface area contributed by atoms with Crippen molar-refractivity contribution in [3.63, 3.8) is 0 Å². The standard InChI is InChI=1S/C9H11ClN2O5/c10-6-2-7(15)11-9(16)12(6)8-1-4(14)5(3-13)17-8/h2,4-5,8,13-14H,1,3H2,(H,11,15,16)/t4-,5+,8+/m0/s1. The monoisotopic (exact) mass is 262 g/mol. The van der Waals surface area contributed by atoms with Crippen LogP contribution in [0.1, 0.15) is 12.6 Å². The molecule has 0 unspecified atom stereocenters. The number of hydrogen-bond donors (Lipinski definition) is 3. The van der Waals surface area contributed by atoms with Crippen LogP contribution in [0.3, 0.4) is 0 Å². The molecule has 94 valence electrons. The Morgan fingerprint density at radius 2 is 2.29 bits per heavy atom. The number of ether oxygens (including phenoxy) is 1. The van der Waals surface area contributed by atoms with Crippen LogP contribution in [-0.2, 0) is 4.74 Å². The van der Waals surface area contributed by atoms with Crippen LogP contribution in [0.5, 0.6) is 0 Å². The molecular formula is C9H11ClN2O5. The van der Waals surface area contributed by atoms with Gasteiger partial charge in [-0.15, -0.1) is 0 Å². The normalized spacial score (nSPS) is 28.5. The first kappa shape index (κ1) is 12.3. The Labute approximate surface area is 100 Å². The zero-order valence-electron chi connectivity index (χ0n) is 8.67. The topological polar surface area (TPSA) is 105 Å². The molecule has 2 rings (SSSR count). The molecule has 1 aromatic rings. The van der Waals surface area contributed by atoms with E-state index < -0.39 is 29.7 Å². The van der Waals surface area contributed by atoms with Crippen molar-refractivity contribution in [2.24, 2.45) is 0 Å². The Balaban J connectivity index is 2.37. The third kappa shape index (κ3) is 2.27. The lowest BCUT2D eigenvalue weighted by Crippen LogP contribution is -2.32. The second kappa shape index (κ2) is 4.61. The highest BCUT2D eigenvalue weighted by Gasteiger charge is 2.35. The molecule has 17 heavy (non-hydrogen) atoms. The summed E-state index contributed by atoms with van der Waals surface area (Å²) in [6.45, 7) is -0.354. The van der Waals surface area contributed by atoms with Crippen LogP contribution < -0.4 is 11.2 Å². The minimum Gasteiger partial charge on any atom is -0.394 e. The zero-order valence-corrected chi connectivity index (χ0v) is 9.42. The molecule has 0 aromatic carbocycles. The van der Waals surface area contributed by atoms with Gasteiger partial charge in [-0.25, -0.2) is 4.79 Å². The second-order valence-corrected chi connectivity index (χ2v) is 4.13. The summed E-state index contributed by atoms with van der Waals surface area (Å²) in [7, 11) is 0. The van der Waals surface area contributed by atoms with E-state index in [1.807, 2.05) is 4.98 Å². The Hall–Kier alpha value is -1.15. The van der Waals surface area contributed by atoms with Crippen LogP contribution in [0.25, 0.3) is 0 Å². The van der Waals surface area contributed by atoms with E-state index in [4.69, 9.17) is 21.4 Å². The van der Waals surface area contributed by atoms with Gasteiger partial charge in [-0.05, 0) is 0 Å². The molecule has 3 N–H and O–H groups in total. The highest BCUT2D eigenvalue weighted by Crippen LogP contribution is 2.28. The molecule has 0 radical (unpaired) electrons. The van der Waals surface area contributed by atoms with Crippen molar-refractivity contribution in [2.75, 3.05) is 6.61 Å². The average molecular weight is 263 g/mol. The van der Waals surface area contributed by atoms with Gasteiger partial charge < -0.3 is 14.9 Å². The van der Waals surface area contributed by atoms with Gasteiger partial charge in [0.1, 0.15) is 17.5 Å². The molecule has 8 heteroatoms. The maximum Gasteiger partial charge on any atom is 0.331 e. The summed E-state index contributed by atoms with van der Waals surface area (Å²) in [6.07, 6.45) is -2.30. The van der Waals surface area contributed by atoms with E-state index in [1.165, 1.54) is 0 Å². The number of aromatic amines is 1. The van der Waals surface area contributed by atoms with Crippen molar-refractivity contribution in [1.29, 1.82) is 0 Å². The Morgan fingerprint density at radius 1 is 1.59 bits per heavy atom. The van der Waals surface area contributed by atoms with Gasteiger partial charge in [-0.1, -0.05) is 11.6 Å². The molecule has 7 nitrogen and oxygen atoms in total. The number of hydrogen-bond acceptors (Lipinski definition) is 5. The van der Waals surface area contributed by atoms with Crippen molar-refractivity contribution in [3.8, 4) is 0 Å². The van der Waals surface area contributed by atoms with E-state index in [-0.39, 0.29) is 18.2 Å². The summed E-state index contributed by atoms with van der Waals surface area (Å²) in [4.78, 5) is 24.6. The highest BCUT2D eigenvalue weighted by atomic mass is 35.5. The van der Waals surface area contributed by atoms with Crippen LogP contribution in [0.15, 0.2) is 15.7 Å². The summed E-state index contributed by atoms with van der Waals surface area (Å²) in [5.41, 5.74) is -1.31. The Morgan fingerprint density at radius 3 is 2.82 bits per heavy atom. The highest BCUT2D eigenvalue weighted by molar-refractivity contribution is 6.29. The lowest BCUT2D eigenvalue weighted by atomic mass is 10.2. The van der Waals surface area contributed by atoms with Gasteiger partial charge in [-0.2, -0.15) is 0 Å². The molecule has 0 saturated carbocycles. The van der Waals surface area contributed by atoms with Crippen LogP contribution in [0, 0.1) is 0 Å². The number of nitrogens with one attached hydrogen (secondary N) is 1. The smallest absolute Gasteiger partial charge is 0.331 e. The van der Waals surface area contributed by atoms with E-state index in [0.29, 0.717) is 0 Å². The molecule has 1 fully saturated rings. The van der Waals surface area contributed by atoms with Crippen LogP contribution >= 0.6 is 11.6 Å². The number of aliphatic hydroxyl groups excluding tert-OH is 2. The fourth-order valence-electron chi connectivity index (χ4n) is 1.78. The van der Waals surface area contributed by atoms with Crippen molar-refractivity contribution in [1.82, 2.24) is 9.55 Å². The van der Waals surface area contributed by atoms with E-state index in [2.05, 4.69) is 0 Å². The maximum absolute atomic E-state index is 11.5. The summed E-state index contributed by atoms with van der Waals surface area (Å²) < 4.78 is 6.30. The largest absolute Gasteiger partial charge is 0.394 e. The first-order valence-corrected chi connectivity index (χ1v) is 5.36. The fraction of sp³-hybridized carbons (Fsp3) is 0.556.